The Kier molecular flexibility index (Phi) is 7.83. The number of carbonyl (C=O) groups is 1. The number of amides is 1. The van der Waals surface area contributed by atoms with E-state index in [1.165, 1.54) is 13.1 Å². The van der Waals surface area contributed by atoms with Gasteiger partial charge < -0.3 is 15.4 Å². The van der Waals surface area contributed by atoms with Crippen molar-refractivity contribution in [1.82, 2.24) is 15.4 Å². The van der Waals surface area contributed by atoms with Gasteiger partial charge in [-0.2, -0.15) is 0 Å². The van der Waals surface area contributed by atoms with Crippen LogP contribution in [-0.2, 0) is 19.6 Å². The monoisotopic (exact) mass is 391 g/mol. The van der Waals surface area contributed by atoms with E-state index in [1.807, 2.05) is 6.92 Å². The maximum absolute atomic E-state index is 12.7. The van der Waals surface area contributed by atoms with Crippen molar-refractivity contribution in [3.05, 3.63) is 29.8 Å². The van der Waals surface area contributed by atoms with Crippen LogP contribution in [0.3, 0.4) is 0 Å². The van der Waals surface area contributed by atoms with Gasteiger partial charge in [0.25, 0.3) is 5.91 Å². The van der Waals surface area contributed by atoms with Crippen LogP contribution >= 0.6 is 12.4 Å². The van der Waals surface area contributed by atoms with Crippen LogP contribution in [0.5, 0.6) is 0 Å². The minimum atomic E-state index is -3.52. The summed E-state index contributed by atoms with van der Waals surface area (Å²) in [4.78, 5) is 12.9. The van der Waals surface area contributed by atoms with Crippen molar-refractivity contribution in [1.29, 1.82) is 0 Å². The van der Waals surface area contributed by atoms with Gasteiger partial charge in [0.1, 0.15) is 5.60 Å². The lowest BCUT2D eigenvalue weighted by Crippen LogP contribution is -2.54. The molecule has 0 saturated carbocycles. The molecule has 0 aliphatic carbocycles. The second-order valence-electron chi connectivity index (χ2n) is 5.92. The highest BCUT2D eigenvalue weighted by Crippen LogP contribution is 2.25. The van der Waals surface area contributed by atoms with Crippen LogP contribution < -0.4 is 15.4 Å². The SMILES string of the molecule is CNS(=O)(=O)c1cccc(C(C)NC(=O)C2(OC)CCNCC2)c1.Cl. The number of sulfonamides is 1. The summed E-state index contributed by atoms with van der Waals surface area (Å²) in [6.07, 6.45) is 1.21. The summed E-state index contributed by atoms with van der Waals surface area (Å²) in [6, 6.07) is 6.22. The van der Waals surface area contributed by atoms with Gasteiger partial charge in [0.2, 0.25) is 10.0 Å². The van der Waals surface area contributed by atoms with E-state index in [0.717, 1.165) is 18.7 Å². The van der Waals surface area contributed by atoms with Crippen LogP contribution in [0, 0.1) is 0 Å². The van der Waals surface area contributed by atoms with Crippen LogP contribution in [0.1, 0.15) is 31.4 Å². The van der Waals surface area contributed by atoms with Crippen molar-refractivity contribution in [3.63, 3.8) is 0 Å². The fourth-order valence-electron chi connectivity index (χ4n) is 2.83. The zero-order valence-corrected chi connectivity index (χ0v) is 16.3. The molecule has 3 N–H and O–H groups in total. The minimum Gasteiger partial charge on any atom is -0.368 e. The Morgan fingerprint density at radius 3 is 2.52 bits per heavy atom. The molecule has 9 heteroatoms. The van der Waals surface area contributed by atoms with Gasteiger partial charge in [0, 0.05) is 7.11 Å². The highest BCUT2D eigenvalue weighted by molar-refractivity contribution is 7.89. The van der Waals surface area contributed by atoms with Crippen LogP contribution in [0.4, 0.5) is 0 Å². The zero-order chi connectivity index (χ0) is 17.8. The van der Waals surface area contributed by atoms with Gasteiger partial charge in [-0.3, -0.25) is 4.79 Å². The first-order valence-electron chi connectivity index (χ1n) is 7.95. The molecule has 1 aromatic carbocycles. The van der Waals surface area contributed by atoms with Gasteiger partial charge in [-0.05, 0) is 57.6 Å². The fourth-order valence-corrected chi connectivity index (χ4v) is 3.62. The second kappa shape index (κ2) is 8.95. The van der Waals surface area contributed by atoms with Crippen LogP contribution in [0.15, 0.2) is 29.2 Å². The lowest BCUT2D eigenvalue weighted by Gasteiger charge is -2.35. The summed E-state index contributed by atoms with van der Waals surface area (Å²) in [5.41, 5.74) is -0.103. The Morgan fingerprint density at radius 2 is 1.96 bits per heavy atom. The molecule has 1 aromatic rings. The Hall–Kier alpha value is -1.19. The first-order valence-corrected chi connectivity index (χ1v) is 9.43. The summed E-state index contributed by atoms with van der Waals surface area (Å²) in [5.74, 6) is -0.166. The molecule has 0 radical (unpaired) electrons. The summed E-state index contributed by atoms with van der Waals surface area (Å²) < 4.78 is 31.6. The van der Waals surface area contributed by atoms with Crippen molar-refractivity contribution in [3.8, 4) is 0 Å². The van der Waals surface area contributed by atoms with Gasteiger partial charge in [-0.1, -0.05) is 12.1 Å². The summed E-state index contributed by atoms with van der Waals surface area (Å²) in [5, 5.41) is 6.16. The van der Waals surface area contributed by atoms with Crippen LogP contribution in [0.2, 0.25) is 0 Å². The van der Waals surface area contributed by atoms with Crippen LogP contribution in [-0.4, -0.2) is 47.2 Å². The molecule has 1 fully saturated rings. The molecule has 1 saturated heterocycles. The molecule has 1 aliphatic rings. The molecule has 0 spiro atoms. The van der Waals surface area contributed by atoms with E-state index in [9.17, 15) is 13.2 Å². The number of rotatable bonds is 6. The van der Waals surface area contributed by atoms with E-state index >= 15 is 0 Å². The van der Waals surface area contributed by atoms with E-state index in [1.54, 1.807) is 25.3 Å². The predicted molar refractivity (Wildman–Crippen MR) is 98.3 cm³/mol. The first-order chi connectivity index (χ1) is 11.3. The number of hydrogen-bond donors (Lipinski definition) is 3. The Balaban J connectivity index is 0.00000312. The molecule has 0 aromatic heterocycles. The Bertz CT molecular complexity index is 690. The summed E-state index contributed by atoms with van der Waals surface area (Å²) in [6.45, 7) is 3.28. The van der Waals surface area contributed by atoms with E-state index in [2.05, 4.69) is 15.4 Å². The number of ether oxygens (including phenoxy) is 1. The quantitative estimate of drug-likeness (QED) is 0.671. The average Bonchev–Trinajstić information content (AvgIpc) is 2.62. The molecular weight excluding hydrogens is 366 g/mol. The van der Waals surface area contributed by atoms with Gasteiger partial charge in [-0.15, -0.1) is 12.4 Å². The lowest BCUT2D eigenvalue weighted by molar-refractivity contribution is -0.147. The third kappa shape index (κ3) is 4.92. The molecule has 1 amide bonds. The van der Waals surface area contributed by atoms with Gasteiger partial charge >= 0.3 is 0 Å². The average molecular weight is 392 g/mol. The van der Waals surface area contributed by atoms with Crippen molar-refractivity contribution >= 4 is 28.3 Å². The predicted octanol–water partition coefficient (Wildman–Crippen LogP) is 0.962. The van der Waals surface area contributed by atoms with Gasteiger partial charge in [0.05, 0.1) is 10.9 Å². The largest absolute Gasteiger partial charge is 0.368 e. The molecule has 142 valence electrons. The summed E-state index contributed by atoms with van der Waals surface area (Å²) >= 11 is 0. The molecular formula is C16H26ClN3O4S. The fraction of sp³-hybridized carbons (Fsp3) is 0.562. The molecule has 7 nitrogen and oxygen atoms in total. The molecule has 1 atom stereocenters. The number of nitrogens with one attached hydrogen (secondary N) is 3. The number of hydrogen-bond acceptors (Lipinski definition) is 5. The minimum absolute atomic E-state index is 0. The molecule has 1 heterocycles. The van der Waals surface area contributed by atoms with Gasteiger partial charge in [0.15, 0.2) is 0 Å². The smallest absolute Gasteiger partial charge is 0.252 e. The lowest BCUT2D eigenvalue weighted by atomic mass is 9.90. The molecule has 2 rings (SSSR count). The highest BCUT2D eigenvalue weighted by Gasteiger charge is 2.40. The number of methoxy groups -OCH3 is 1. The van der Waals surface area contributed by atoms with E-state index in [0.29, 0.717) is 12.8 Å². The van der Waals surface area contributed by atoms with Gasteiger partial charge in [-0.25, -0.2) is 13.1 Å². The second-order valence-corrected chi connectivity index (χ2v) is 7.81. The number of halogens is 1. The molecule has 0 bridgehead atoms. The Morgan fingerprint density at radius 1 is 1.32 bits per heavy atom. The third-order valence-electron chi connectivity index (χ3n) is 4.50. The maximum atomic E-state index is 12.7. The third-order valence-corrected chi connectivity index (χ3v) is 5.91. The van der Waals surface area contributed by atoms with E-state index in [-0.39, 0.29) is 29.3 Å². The zero-order valence-electron chi connectivity index (χ0n) is 14.7. The maximum Gasteiger partial charge on any atom is 0.252 e. The highest BCUT2D eigenvalue weighted by atomic mass is 35.5. The van der Waals surface area contributed by atoms with Crippen molar-refractivity contribution in [2.75, 3.05) is 27.2 Å². The first kappa shape index (κ1) is 21.9. The molecule has 25 heavy (non-hydrogen) atoms. The van der Waals surface area contributed by atoms with Crippen LogP contribution in [0.25, 0.3) is 0 Å². The van der Waals surface area contributed by atoms with Crippen molar-refractivity contribution in [2.45, 2.75) is 36.3 Å². The normalized spacial score (nSPS) is 18.0. The molecule has 1 unspecified atom stereocenters. The van der Waals surface area contributed by atoms with E-state index < -0.39 is 15.6 Å². The number of carbonyl (C=O) groups excluding carboxylic acids is 1. The Labute approximate surface area is 155 Å². The summed E-state index contributed by atoms with van der Waals surface area (Å²) in [7, 11) is -0.597. The van der Waals surface area contributed by atoms with Crippen molar-refractivity contribution < 1.29 is 17.9 Å². The van der Waals surface area contributed by atoms with Crippen molar-refractivity contribution in [2.24, 2.45) is 0 Å². The standard InChI is InChI=1S/C16H25N3O4S.ClH/c1-12(13-5-4-6-14(11-13)24(21,22)17-2)19-15(20)16(23-3)7-9-18-10-8-16;/h4-6,11-12,17-18H,7-10H2,1-3H3,(H,19,20);1H. The molecule has 1 aliphatic heterocycles. The topological polar surface area (TPSA) is 96.5 Å². The van der Waals surface area contributed by atoms with E-state index in [4.69, 9.17) is 4.74 Å². The number of piperidine rings is 1. The number of benzene rings is 1.